The van der Waals surface area contributed by atoms with Gasteiger partial charge in [-0.1, -0.05) is 25.6 Å². The Morgan fingerprint density at radius 2 is 1.29 bits per heavy atom. The third-order valence-corrected chi connectivity index (χ3v) is 2.85. The highest BCUT2D eigenvalue weighted by atomic mass is 32.2. The molecule has 1 aromatic carbocycles. The van der Waals surface area contributed by atoms with Gasteiger partial charge in [0.15, 0.2) is 20.4 Å². The van der Waals surface area contributed by atoms with Crippen LogP contribution in [0.2, 0.25) is 0 Å². The molecule has 0 unspecified atom stereocenters. The number of thioether (sulfide) groups is 2. The number of methoxy groups -OCH3 is 1. The van der Waals surface area contributed by atoms with Crippen LogP contribution in [0, 0.1) is 0 Å². The van der Waals surface area contributed by atoms with Crippen LogP contribution in [0.4, 0.5) is 0 Å². The monoisotopic (exact) mass is 378 g/mol. The number of benzene rings is 1. The van der Waals surface area contributed by atoms with E-state index in [1.807, 2.05) is 53.9 Å². The van der Waals surface area contributed by atoms with Crippen LogP contribution in [0.25, 0.3) is 0 Å². The molecular weight excluding hydrogens is 348 g/mol. The first kappa shape index (κ1) is 23.6. The van der Waals surface area contributed by atoms with Crippen molar-refractivity contribution in [2.24, 2.45) is 0 Å². The van der Waals surface area contributed by atoms with Crippen LogP contribution in [0.15, 0.2) is 30.3 Å². The van der Waals surface area contributed by atoms with Crippen molar-refractivity contribution in [2.45, 2.75) is 7.43 Å². The van der Waals surface area contributed by atoms with Crippen LogP contribution >= 0.6 is 23.5 Å². The van der Waals surface area contributed by atoms with Crippen molar-refractivity contribution in [1.82, 2.24) is 0 Å². The number of ether oxygens (including phenoxy) is 5. The van der Waals surface area contributed by atoms with Crippen molar-refractivity contribution >= 4 is 23.5 Å². The van der Waals surface area contributed by atoms with Crippen molar-refractivity contribution < 1.29 is 23.7 Å². The van der Waals surface area contributed by atoms with Crippen LogP contribution < -0.4 is 4.74 Å². The number of hydrogen-bond acceptors (Lipinski definition) is 7. The summed E-state index contributed by atoms with van der Waals surface area (Å²) in [6.07, 6.45) is 0. The minimum atomic E-state index is 0. The average molecular weight is 379 g/mol. The molecule has 0 N–H and O–H groups in total. The van der Waals surface area contributed by atoms with E-state index in [1.54, 1.807) is 7.11 Å². The molecule has 7 heteroatoms. The number of epoxide rings is 1. The molecule has 0 bridgehead atoms. The number of para-hydroxylation sites is 1. The van der Waals surface area contributed by atoms with Gasteiger partial charge < -0.3 is 23.7 Å². The predicted molar refractivity (Wildman–Crippen MR) is 103 cm³/mol. The maximum atomic E-state index is 5.13. The van der Waals surface area contributed by atoms with Gasteiger partial charge in [0.1, 0.15) is 5.75 Å². The fraction of sp³-hybridized carbons (Fsp3) is 0.647. The van der Waals surface area contributed by atoms with Gasteiger partial charge in [-0.2, -0.15) is 23.5 Å². The Hall–Kier alpha value is -0.440. The van der Waals surface area contributed by atoms with Crippen molar-refractivity contribution in [3.05, 3.63) is 30.3 Å². The molecule has 4 saturated heterocycles. The van der Waals surface area contributed by atoms with Gasteiger partial charge in [0, 0.05) is 30.1 Å². The summed E-state index contributed by atoms with van der Waals surface area (Å²) in [6, 6.07) is 9.56. The van der Waals surface area contributed by atoms with E-state index in [0.29, 0.717) is 20.4 Å². The van der Waals surface area contributed by atoms with Crippen molar-refractivity contribution in [1.29, 1.82) is 0 Å². The molecule has 0 aromatic heterocycles. The highest BCUT2D eigenvalue weighted by Gasteiger charge is 1.96. The maximum absolute atomic E-state index is 5.13. The Labute approximate surface area is 154 Å². The topological polar surface area (TPSA) is 49.5 Å². The summed E-state index contributed by atoms with van der Waals surface area (Å²) >= 11 is 4.00. The van der Waals surface area contributed by atoms with Gasteiger partial charge in [-0.25, -0.2) is 0 Å². The van der Waals surface area contributed by atoms with Crippen molar-refractivity contribution in [3.8, 4) is 5.75 Å². The summed E-state index contributed by atoms with van der Waals surface area (Å²) in [5.41, 5.74) is 0. The quantitative estimate of drug-likeness (QED) is 0.586. The highest BCUT2D eigenvalue weighted by Crippen LogP contribution is 2.14. The summed E-state index contributed by atoms with van der Waals surface area (Å²) in [5.74, 6) is 6.50. The molecule has 5 rings (SSSR count). The second-order valence-corrected chi connectivity index (χ2v) is 6.79. The summed E-state index contributed by atoms with van der Waals surface area (Å²) in [4.78, 5) is 0. The summed E-state index contributed by atoms with van der Waals surface area (Å²) in [5, 5.41) is 0. The highest BCUT2D eigenvalue weighted by molar-refractivity contribution is 8.06. The number of hydrogen-bond donors (Lipinski definition) is 0. The minimum Gasteiger partial charge on any atom is -0.468 e. The van der Waals surface area contributed by atoms with Crippen LogP contribution in [0.3, 0.4) is 0 Å². The molecule has 4 heterocycles. The van der Waals surface area contributed by atoms with Gasteiger partial charge in [0.2, 0.25) is 0 Å². The average Bonchev–Trinajstić information content (AvgIpc) is 3.33. The number of rotatable bonds is 3. The van der Waals surface area contributed by atoms with E-state index in [9.17, 15) is 0 Å². The lowest BCUT2D eigenvalue weighted by Crippen LogP contribution is -2.14. The Morgan fingerprint density at radius 1 is 0.875 bits per heavy atom. The summed E-state index contributed by atoms with van der Waals surface area (Å²) in [6.45, 7) is 3.31. The molecule has 140 valence electrons. The van der Waals surface area contributed by atoms with Gasteiger partial charge in [0.05, 0.1) is 13.2 Å². The van der Waals surface area contributed by atoms with Crippen LogP contribution in [0.1, 0.15) is 7.43 Å². The van der Waals surface area contributed by atoms with E-state index in [-0.39, 0.29) is 7.43 Å². The zero-order chi connectivity index (χ0) is 16.4. The van der Waals surface area contributed by atoms with Gasteiger partial charge in [-0.15, -0.1) is 0 Å². The second-order valence-electron chi connectivity index (χ2n) is 4.34. The second kappa shape index (κ2) is 18.9. The van der Waals surface area contributed by atoms with E-state index in [2.05, 4.69) is 14.2 Å². The van der Waals surface area contributed by atoms with Crippen LogP contribution in [0.5, 0.6) is 5.75 Å². The standard InChI is InChI=1S/C8H10O2.C2H4O2.C2H4O.2C2H4S.CH4/c1-9-7-10-8-5-3-2-4-6-8;1-3-2-4-1;3*1-2-3-1;/h2-6H,7H2,1H3;1-2H2;3*1-2H2;1H4. The molecule has 0 aliphatic carbocycles. The first-order valence-electron chi connectivity index (χ1n) is 7.49. The summed E-state index contributed by atoms with van der Waals surface area (Å²) in [7, 11) is 1.60. The summed E-state index contributed by atoms with van der Waals surface area (Å²) < 4.78 is 23.4. The fourth-order valence-electron chi connectivity index (χ4n) is 0.727. The Balaban J connectivity index is 0.000000309. The minimum absolute atomic E-state index is 0. The van der Waals surface area contributed by atoms with E-state index in [0.717, 1.165) is 19.0 Å². The van der Waals surface area contributed by atoms with E-state index in [4.69, 9.17) is 9.47 Å². The van der Waals surface area contributed by atoms with Gasteiger partial charge >= 0.3 is 0 Å². The zero-order valence-corrected chi connectivity index (χ0v) is 15.2. The zero-order valence-electron chi connectivity index (χ0n) is 13.6. The Bertz CT molecular complexity index is 318. The molecule has 4 fully saturated rings. The first-order chi connectivity index (χ1) is 11.4. The van der Waals surface area contributed by atoms with E-state index < -0.39 is 0 Å². The van der Waals surface area contributed by atoms with E-state index >= 15 is 0 Å². The molecule has 1 aromatic rings. The Morgan fingerprint density at radius 3 is 1.54 bits per heavy atom. The largest absolute Gasteiger partial charge is 0.468 e. The van der Waals surface area contributed by atoms with Gasteiger partial charge in [0.25, 0.3) is 0 Å². The lowest BCUT2D eigenvalue weighted by molar-refractivity contribution is -0.247. The molecule has 0 radical (unpaired) electrons. The van der Waals surface area contributed by atoms with Crippen molar-refractivity contribution in [2.75, 3.05) is 63.7 Å². The third kappa shape index (κ3) is 26.5. The van der Waals surface area contributed by atoms with Gasteiger partial charge in [-0.05, 0) is 12.1 Å². The predicted octanol–water partition coefficient (Wildman–Crippen LogP) is 3.74. The first-order valence-corrected chi connectivity index (χ1v) is 9.80. The fourth-order valence-corrected chi connectivity index (χ4v) is 0.727. The molecule has 0 saturated carbocycles. The van der Waals surface area contributed by atoms with Crippen LogP contribution in [-0.4, -0.2) is 63.7 Å². The lowest BCUT2D eigenvalue weighted by Gasteiger charge is -2.10. The normalized spacial score (nSPS) is 16.9. The maximum Gasteiger partial charge on any atom is 0.188 e. The SMILES string of the molecule is C.C1CO1.C1CS1.C1CS1.C1OCO1.COCOc1ccccc1. The molecule has 4 aliphatic heterocycles. The molecule has 4 aliphatic rings. The van der Waals surface area contributed by atoms with E-state index in [1.165, 1.54) is 23.0 Å². The van der Waals surface area contributed by atoms with Crippen LogP contribution in [-0.2, 0) is 18.9 Å². The third-order valence-electron chi connectivity index (χ3n) is 2.03. The molecule has 0 amide bonds. The smallest absolute Gasteiger partial charge is 0.188 e. The molecule has 24 heavy (non-hydrogen) atoms. The Kier molecular flexibility index (Phi) is 18.5. The molecular formula is C17H30O5S2. The van der Waals surface area contributed by atoms with Crippen molar-refractivity contribution in [3.63, 3.8) is 0 Å². The lowest BCUT2D eigenvalue weighted by atomic mass is 10.3. The van der Waals surface area contributed by atoms with Gasteiger partial charge in [-0.3, -0.25) is 0 Å². The molecule has 0 atom stereocenters. The molecule has 0 spiro atoms. The molecule has 5 nitrogen and oxygen atoms in total.